The summed E-state index contributed by atoms with van der Waals surface area (Å²) in [5.41, 5.74) is 1.50. The van der Waals surface area contributed by atoms with Gasteiger partial charge in [-0.3, -0.25) is 9.59 Å². The Morgan fingerprint density at radius 2 is 1.94 bits per heavy atom. The van der Waals surface area contributed by atoms with E-state index in [-0.39, 0.29) is 18.3 Å². The van der Waals surface area contributed by atoms with E-state index in [1.165, 1.54) is 10.7 Å². The number of rotatable bonds is 8. The average molecular weight is 421 g/mol. The zero-order valence-electron chi connectivity index (χ0n) is 17.1. The van der Waals surface area contributed by atoms with E-state index in [9.17, 15) is 9.59 Å². The molecule has 1 aromatic heterocycles. The lowest BCUT2D eigenvalue weighted by Gasteiger charge is -2.15. The third-order valence-electron chi connectivity index (χ3n) is 4.81. The molecular weight excluding hydrogens is 398 g/mol. The van der Waals surface area contributed by atoms with Crippen LogP contribution in [0.3, 0.4) is 0 Å². The Balaban J connectivity index is 1.26. The highest BCUT2D eigenvalue weighted by atomic mass is 16.7. The first kappa shape index (κ1) is 20.5. The fourth-order valence-electron chi connectivity index (χ4n) is 3.16. The molecule has 1 N–H and O–H groups in total. The summed E-state index contributed by atoms with van der Waals surface area (Å²) in [6.45, 7) is 2.66. The summed E-state index contributed by atoms with van der Waals surface area (Å²) in [5.74, 6) is 1.54. The van der Waals surface area contributed by atoms with Crippen LogP contribution in [-0.4, -0.2) is 35.1 Å². The third kappa shape index (κ3) is 5.03. The van der Waals surface area contributed by atoms with Crippen LogP contribution in [0.4, 0.5) is 0 Å². The molecule has 8 heteroatoms. The molecule has 160 valence electrons. The van der Waals surface area contributed by atoms with Gasteiger partial charge in [-0.25, -0.2) is 4.68 Å². The Kier molecular flexibility index (Phi) is 6.16. The molecule has 0 fully saturated rings. The Morgan fingerprint density at radius 1 is 1.13 bits per heavy atom. The fraction of sp³-hybridized carbons (Fsp3) is 0.261. The molecule has 0 radical (unpaired) electrons. The van der Waals surface area contributed by atoms with E-state index >= 15 is 0 Å². The van der Waals surface area contributed by atoms with Gasteiger partial charge in [-0.2, -0.15) is 5.10 Å². The molecular formula is C23H23N3O5. The lowest BCUT2D eigenvalue weighted by Crippen LogP contribution is -2.37. The molecule has 1 atom stereocenters. The molecule has 31 heavy (non-hydrogen) atoms. The molecule has 1 aliphatic rings. The molecule has 8 nitrogen and oxygen atoms in total. The Hall–Kier alpha value is -3.81. The number of carbonyl (C=O) groups excluding carboxylic acids is 1. The first-order valence-electron chi connectivity index (χ1n) is 10.1. The number of amides is 1. The fourth-order valence-corrected chi connectivity index (χ4v) is 3.16. The summed E-state index contributed by atoms with van der Waals surface area (Å²) in [7, 11) is 0. The number of hydrogen-bond donors (Lipinski definition) is 1. The smallest absolute Gasteiger partial charge is 0.266 e. The molecule has 0 unspecified atom stereocenters. The molecule has 1 amide bonds. The number of nitrogens with one attached hydrogen (secondary N) is 1. The van der Waals surface area contributed by atoms with Crippen molar-refractivity contribution in [2.45, 2.75) is 26.0 Å². The van der Waals surface area contributed by atoms with Crippen LogP contribution in [0.1, 0.15) is 13.3 Å². The molecule has 0 saturated carbocycles. The second-order valence-corrected chi connectivity index (χ2v) is 7.07. The molecule has 0 spiro atoms. The van der Waals surface area contributed by atoms with E-state index in [4.69, 9.17) is 14.2 Å². The number of aryl methyl sites for hydroxylation is 1. The Morgan fingerprint density at radius 3 is 2.77 bits per heavy atom. The summed E-state index contributed by atoms with van der Waals surface area (Å²) in [5, 5.41) is 7.25. The molecule has 3 aromatic rings. The average Bonchev–Trinajstić information content (AvgIpc) is 3.26. The van der Waals surface area contributed by atoms with Gasteiger partial charge in [0.1, 0.15) is 5.75 Å². The second-order valence-electron chi connectivity index (χ2n) is 7.07. The van der Waals surface area contributed by atoms with Crippen molar-refractivity contribution < 1.29 is 19.0 Å². The van der Waals surface area contributed by atoms with Crippen LogP contribution in [-0.2, 0) is 11.3 Å². The van der Waals surface area contributed by atoms with Crippen molar-refractivity contribution >= 4 is 5.91 Å². The zero-order chi connectivity index (χ0) is 21.6. The van der Waals surface area contributed by atoms with Gasteiger partial charge in [-0.15, -0.1) is 0 Å². The predicted molar refractivity (Wildman–Crippen MR) is 114 cm³/mol. The number of hydrogen-bond acceptors (Lipinski definition) is 6. The normalized spacial score (nSPS) is 12.9. The van der Waals surface area contributed by atoms with Gasteiger partial charge < -0.3 is 19.5 Å². The van der Waals surface area contributed by atoms with Crippen molar-refractivity contribution in [1.82, 2.24) is 15.1 Å². The molecule has 2 aromatic carbocycles. The van der Waals surface area contributed by atoms with Gasteiger partial charge in [0, 0.05) is 30.8 Å². The number of nitrogens with zero attached hydrogens (tertiary/aromatic N) is 2. The minimum Gasteiger partial charge on any atom is -0.481 e. The van der Waals surface area contributed by atoms with Crippen LogP contribution < -0.4 is 25.1 Å². The van der Waals surface area contributed by atoms with Gasteiger partial charge in [0.25, 0.3) is 11.5 Å². The van der Waals surface area contributed by atoms with Gasteiger partial charge in [-0.1, -0.05) is 30.3 Å². The molecule has 1 aliphatic heterocycles. The van der Waals surface area contributed by atoms with Crippen LogP contribution >= 0.6 is 0 Å². The Labute approximate surface area is 179 Å². The Bertz CT molecular complexity index is 1110. The number of carbonyl (C=O) groups is 1. The third-order valence-corrected chi connectivity index (χ3v) is 4.81. The zero-order valence-corrected chi connectivity index (χ0v) is 17.1. The number of fused-ring (bicyclic) bond motifs is 1. The van der Waals surface area contributed by atoms with Gasteiger partial charge in [0.05, 0.1) is 5.69 Å². The first-order valence-corrected chi connectivity index (χ1v) is 10.1. The lowest BCUT2D eigenvalue weighted by atomic mass is 10.1. The summed E-state index contributed by atoms with van der Waals surface area (Å²) < 4.78 is 17.7. The molecule has 0 aliphatic carbocycles. The van der Waals surface area contributed by atoms with Gasteiger partial charge in [-0.05, 0) is 31.5 Å². The summed E-state index contributed by atoms with van der Waals surface area (Å²) in [4.78, 5) is 24.4. The van der Waals surface area contributed by atoms with Crippen molar-refractivity contribution in [2.24, 2.45) is 0 Å². The van der Waals surface area contributed by atoms with Gasteiger partial charge >= 0.3 is 0 Å². The molecule has 4 rings (SSSR count). The highest BCUT2D eigenvalue weighted by Gasteiger charge is 2.18. The van der Waals surface area contributed by atoms with Crippen molar-refractivity contribution in [1.29, 1.82) is 0 Å². The van der Waals surface area contributed by atoms with Crippen molar-refractivity contribution in [3.05, 3.63) is 71.0 Å². The highest BCUT2D eigenvalue weighted by molar-refractivity contribution is 5.80. The SMILES string of the molecule is C[C@@H](Oc1ccc2c(c1)OCO2)C(=O)NCCCn1nc(-c2ccccc2)ccc1=O. The first-order chi connectivity index (χ1) is 15.1. The summed E-state index contributed by atoms with van der Waals surface area (Å²) >= 11 is 0. The summed E-state index contributed by atoms with van der Waals surface area (Å²) in [6, 6.07) is 18.1. The second kappa shape index (κ2) is 9.34. The predicted octanol–water partition coefficient (Wildman–Crippen LogP) is 2.61. The maximum Gasteiger partial charge on any atom is 0.266 e. The van der Waals surface area contributed by atoms with E-state index in [0.29, 0.717) is 36.8 Å². The maximum atomic E-state index is 12.3. The minimum absolute atomic E-state index is 0.175. The highest BCUT2D eigenvalue weighted by Crippen LogP contribution is 2.35. The maximum absolute atomic E-state index is 12.3. The van der Waals surface area contributed by atoms with Crippen LogP contribution in [0.15, 0.2) is 65.5 Å². The van der Waals surface area contributed by atoms with Crippen LogP contribution in [0, 0.1) is 0 Å². The number of benzene rings is 2. The van der Waals surface area contributed by atoms with E-state index in [1.54, 1.807) is 31.2 Å². The van der Waals surface area contributed by atoms with Gasteiger partial charge in [0.15, 0.2) is 17.6 Å². The van der Waals surface area contributed by atoms with E-state index in [2.05, 4.69) is 10.4 Å². The monoisotopic (exact) mass is 421 g/mol. The number of aromatic nitrogens is 2. The van der Waals surface area contributed by atoms with E-state index < -0.39 is 6.10 Å². The van der Waals surface area contributed by atoms with E-state index in [0.717, 1.165) is 11.3 Å². The minimum atomic E-state index is -0.678. The lowest BCUT2D eigenvalue weighted by molar-refractivity contribution is -0.127. The van der Waals surface area contributed by atoms with Gasteiger partial charge in [0.2, 0.25) is 6.79 Å². The topological polar surface area (TPSA) is 91.7 Å². The van der Waals surface area contributed by atoms with Crippen molar-refractivity contribution in [3.63, 3.8) is 0 Å². The van der Waals surface area contributed by atoms with Crippen molar-refractivity contribution in [3.8, 4) is 28.5 Å². The number of ether oxygens (including phenoxy) is 3. The largest absolute Gasteiger partial charge is 0.481 e. The molecule has 0 bridgehead atoms. The summed E-state index contributed by atoms with van der Waals surface area (Å²) in [6.07, 6.45) is -0.115. The quantitative estimate of drug-likeness (QED) is 0.562. The standard InChI is InChI=1S/C23H23N3O5/c1-16(31-18-8-10-20-21(14-18)30-15-29-20)23(28)24-12-5-13-26-22(27)11-9-19(25-26)17-6-3-2-4-7-17/h2-4,6-11,14,16H,5,12-13,15H2,1H3,(H,24,28)/t16-/m1/s1. The van der Waals surface area contributed by atoms with Crippen molar-refractivity contribution in [2.75, 3.05) is 13.3 Å². The van der Waals surface area contributed by atoms with Crippen LogP contribution in [0.2, 0.25) is 0 Å². The van der Waals surface area contributed by atoms with Crippen LogP contribution in [0.5, 0.6) is 17.2 Å². The molecule has 0 saturated heterocycles. The van der Waals surface area contributed by atoms with Crippen LogP contribution in [0.25, 0.3) is 11.3 Å². The van der Waals surface area contributed by atoms with E-state index in [1.807, 2.05) is 30.3 Å². The molecule has 2 heterocycles.